The first-order chi connectivity index (χ1) is 13.5. The van der Waals surface area contributed by atoms with Crippen LogP contribution < -0.4 is 5.32 Å². The Morgan fingerprint density at radius 2 is 2.00 bits per heavy atom. The molecule has 0 unspecified atom stereocenters. The van der Waals surface area contributed by atoms with Crippen LogP contribution in [-0.2, 0) is 14.3 Å². The number of halogens is 2. The third-order valence-corrected chi connectivity index (χ3v) is 6.42. The van der Waals surface area contributed by atoms with Crippen molar-refractivity contribution in [2.24, 2.45) is 10.9 Å². The van der Waals surface area contributed by atoms with Crippen molar-refractivity contribution in [3.05, 3.63) is 71.3 Å². The van der Waals surface area contributed by atoms with Gasteiger partial charge in [0.05, 0.1) is 11.4 Å². The molecular formula is C20H16F2N2O3S. The molecule has 1 amide bonds. The molecule has 1 saturated heterocycles. The molecule has 0 bridgehead atoms. The van der Waals surface area contributed by atoms with Crippen LogP contribution in [0.3, 0.4) is 0 Å². The zero-order valence-electron chi connectivity index (χ0n) is 14.6. The molecule has 0 aromatic heterocycles. The third kappa shape index (κ3) is 3.12. The first-order valence-corrected chi connectivity index (χ1v) is 9.48. The standard InChI is InChI=1S/C20H16F2N2O3S/c21-15-8-4-7-13(17(15)22)20-11-27-16(10-25)14(20)9-23-19(28-20)24-18(26)12-5-2-1-3-6-12/h1-8,10,14,16H,9,11H2,(H,23,24,26)/t14-,16+,20+/m0/s1. The second kappa shape index (κ2) is 7.44. The highest BCUT2D eigenvalue weighted by Crippen LogP contribution is 2.52. The lowest BCUT2D eigenvalue weighted by Crippen LogP contribution is -2.44. The third-order valence-electron chi connectivity index (χ3n) is 4.99. The Hall–Kier alpha value is -2.58. The molecule has 5 nitrogen and oxygen atoms in total. The maximum atomic E-state index is 14.6. The van der Waals surface area contributed by atoms with Crippen LogP contribution in [0.1, 0.15) is 15.9 Å². The molecule has 0 aliphatic carbocycles. The number of benzene rings is 2. The Labute approximate surface area is 164 Å². The maximum Gasteiger partial charge on any atom is 0.257 e. The van der Waals surface area contributed by atoms with Gasteiger partial charge in [-0.3, -0.25) is 9.79 Å². The predicted molar refractivity (Wildman–Crippen MR) is 101 cm³/mol. The average Bonchev–Trinajstić information content (AvgIpc) is 3.09. The van der Waals surface area contributed by atoms with E-state index in [0.717, 1.165) is 17.8 Å². The predicted octanol–water partition coefficient (Wildman–Crippen LogP) is 2.91. The summed E-state index contributed by atoms with van der Waals surface area (Å²) in [5.41, 5.74) is 0.556. The number of aldehydes is 1. The quantitative estimate of drug-likeness (QED) is 0.802. The summed E-state index contributed by atoms with van der Waals surface area (Å²) in [7, 11) is 0. The van der Waals surface area contributed by atoms with E-state index in [4.69, 9.17) is 4.74 Å². The van der Waals surface area contributed by atoms with Gasteiger partial charge in [-0.25, -0.2) is 8.78 Å². The van der Waals surface area contributed by atoms with Crippen LogP contribution >= 0.6 is 11.8 Å². The van der Waals surface area contributed by atoms with E-state index in [2.05, 4.69) is 10.3 Å². The molecule has 0 radical (unpaired) electrons. The van der Waals surface area contributed by atoms with Crippen LogP contribution in [0.5, 0.6) is 0 Å². The summed E-state index contributed by atoms with van der Waals surface area (Å²) < 4.78 is 33.1. The lowest BCUT2D eigenvalue weighted by molar-refractivity contribution is -0.116. The molecule has 2 aliphatic heterocycles. The van der Waals surface area contributed by atoms with E-state index in [1.807, 2.05) is 0 Å². The Kier molecular flexibility index (Phi) is 4.99. The van der Waals surface area contributed by atoms with Crippen LogP contribution in [0.4, 0.5) is 8.78 Å². The van der Waals surface area contributed by atoms with Crippen LogP contribution in [0.25, 0.3) is 0 Å². The number of carbonyl (C=O) groups is 2. The van der Waals surface area contributed by atoms with E-state index in [1.54, 1.807) is 30.3 Å². The van der Waals surface area contributed by atoms with E-state index < -0.39 is 28.4 Å². The van der Waals surface area contributed by atoms with Crippen molar-refractivity contribution in [1.82, 2.24) is 5.32 Å². The van der Waals surface area contributed by atoms with Gasteiger partial charge in [0.1, 0.15) is 12.4 Å². The Morgan fingerprint density at radius 3 is 2.75 bits per heavy atom. The van der Waals surface area contributed by atoms with Gasteiger partial charge >= 0.3 is 0 Å². The van der Waals surface area contributed by atoms with Crippen LogP contribution in [0.2, 0.25) is 0 Å². The number of fused-ring (bicyclic) bond motifs is 1. The van der Waals surface area contributed by atoms with E-state index >= 15 is 0 Å². The maximum absolute atomic E-state index is 14.6. The van der Waals surface area contributed by atoms with E-state index in [1.165, 1.54) is 12.1 Å². The summed E-state index contributed by atoms with van der Waals surface area (Å²) in [4.78, 5) is 28.2. The molecular weight excluding hydrogens is 386 g/mol. The zero-order valence-corrected chi connectivity index (χ0v) is 15.4. The summed E-state index contributed by atoms with van der Waals surface area (Å²) in [5, 5.41) is 3.00. The minimum absolute atomic E-state index is 0.00629. The molecule has 1 fully saturated rings. The van der Waals surface area contributed by atoms with E-state index in [0.29, 0.717) is 11.8 Å². The first-order valence-electron chi connectivity index (χ1n) is 8.66. The summed E-state index contributed by atoms with van der Waals surface area (Å²) >= 11 is 1.10. The number of amides is 1. The smallest absolute Gasteiger partial charge is 0.257 e. The number of rotatable bonds is 3. The van der Waals surface area contributed by atoms with Gasteiger partial charge in [0.25, 0.3) is 5.91 Å². The number of hydrogen-bond acceptors (Lipinski definition) is 5. The molecule has 3 atom stereocenters. The van der Waals surface area contributed by atoms with Gasteiger partial charge in [-0.1, -0.05) is 42.1 Å². The largest absolute Gasteiger partial charge is 0.368 e. The van der Waals surface area contributed by atoms with Gasteiger partial charge in [-0.2, -0.15) is 0 Å². The van der Waals surface area contributed by atoms with Crippen molar-refractivity contribution in [2.45, 2.75) is 10.9 Å². The molecule has 28 heavy (non-hydrogen) atoms. The normalized spacial score (nSPS) is 26.3. The SMILES string of the molecule is O=C[C@H]1OC[C@]2(c3cccc(F)c3F)SC(NC(=O)c3ccccc3)=NC[C@@H]12. The topological polar surface area (TPSA) is 67.8 Å². The number of hydrogen-bond donors (Lipinski definition) is 1. The lowest BCUT2D eigenvalue weighted by atomic mass is 9.84. The molecule has 0 saturated carbocycles. The van der Waals surface area contributed by atoms with Gasteiger partial charge in [0, 0.05) is 23.6 Å². The minimum atomic E-state index is -1.06. The molecule has 2 aromatic carbocycles. The molecule has 2 heterocycles. The van der Waals surface area contributed by atoms with Crippen LogP contribution in [0, 0.1) is 17.6 Å². The van der Waals surface area contributed by atoms with Crippen molar-refractivity contribution < 1.29 is 23.1 Å². The average molecular weight is 402 g/mol. The first kappa shape index (κ1) is 18.8. The summed E-state index contributed by atoms with van der Waals surface area (Å²) in [6, 6.07) is 12.5. The van der Waals surface area contributed by atoms with Crippen molar-refractivity contribution in [1.29, 1.82) is 0 Å². The van der Waals surface area contributed by atoms with Crippen molar-refractivity contribution >= 4 is 29.1 Å². The fourth-order valence-corrected chi connectivity index (χ4v) is 4.95. The molecule has 144 valence electrons. The Bertz CT molecular complexity index is 954. The second-order valence-electron chi connectivity index (χ2n) is 6.58. The highest BCUT2D eigenvalue weighted by atomic mass is 32.2. The van der Waals surface area contributed by atoms with Gasteiger partial charge in [-0.15, -0.1) is 0 Å². The van der Waals surface area contributed by atoms with E-state index in [9.17, 15) is 18.4 Å². The molecule has 8 heteroatoms. The van der Waals surface area contributed by atoms with Gasteiger partial charge in [0.15, 0.2) is 16.8 Å². The minimum Gasteiger partial charge on any atom is -0.368 e. The number of nitrogens with one attached hydrogen (secondary N) is 1. The lowest BCUT2D eigenvalue weighted by Gasteiger charge is -2.37. The Balaban J connectivity index is 1.68. The molecule has 2 aromatic rings. The van der Waals surface area contributed by atoms with E-state index in [-0.39, 0.29) is 29.8 Å². The molecule has 2 aliphatic rings. The van der Waals surface area contributed by atoms with Crippen molar-refractivity contribution in [3.8, 4) is 0 Å². The zero-order chi connectivity index (χ0) is 19.7. The van der Waals surface area contributed by atoms with Crippen molar-refractivity contribution in [3.63, 3.8) is 0 Å². The number of amidine groups is 1. The van der Waals surface area contributed by atoms with Crippen LogP contribution in [-0.4, -0.2) is 36.6 Å². The van der Waals surface area contributed by atoms with Gasteiger partial charge in [-0.05, 0) is 18.2 Å². The fourth-order valence-electron chi connectivity index (χ4n) is 3.57. The highest BCUT2D eigenvalue weighted by Gasteiger charge is 2.55. The van der Waals surface area contributed by atoms with Crippen LogP contribution in [0.15, 0.2) is 53.5 Å². The van der Waals surface area contributed by atoms with Gasteiger partial charge in [0.2, 0.25) is 0 Å². The highest BCUT2D eigenvalue weighted by molar-refractivity contribution is 8.14. The second-order valence-corrected chi connectivity index (χ2v) is 7.90. The summed E-state index contributed by atoms with van der Waals surface area (Å²) in [6.45, 7) is 0.156. The summed E-state index contributed by atoms with van der Waals surface area (Å²) in [6.07, 6.45) is -0.113. The molecule has 4 rings (SSSR count). The summed E-state index contributed by atoms with van der Waals surface area (Å²) in [5.74, 6) is -2.78. The Morgan fingerprint density at radius 1 is 1.21 bits per heavy atom. The number of thioether (sulfide) groups is 1. The number of carbonyl (C=O) groups excluding carboxylic acids is 2. The fraction of sp³-hybridized carbons (Fsp3) is 0.250. The molecule has 0 spiro atoms. The number of ether oxygens (including phenoxy) is 1. The van der Waals surface area contributed by atoms with Gasteiger partial charge < -0.3 is 14.8 Å². The monoisotopic (exact) mass is 402 g/mol. The number of nitrogens with zero attached hydrogens (tertiary/aromatic N) is 1. The van der Waals surface area contributed by atoms with Crippen molar-refractivity contribution in [2.75, 3.05) is 13.2 Å². The molecule has 1 N–H and O–H groups in total. The number of aliphatic imine (C=N–C) groups is 1.